The van der Waals surface area contributed by atoms with Crippen LogP contribution in [0.25, 0.3) is 0 Å². The molecule has 0 fully saturated rings. The van der Waals surface area contributed by atoms with Gasteiger partial charge < -0.3 is 0 Å². The first-order chi connectivity index (χ1) is 7.26. The molecule has 0 N–H and O–H groups in total. The van der Waals surface area contributed by atoms with E-state index in [-0.39, 0.29) is 11.1 Å². The molecule has 0 saturated heterocycles. The minimum atomic E-state index is -5.27. The number of alkyl halides is 3. The number of nitriles is 1. The lowest BCUT2D eigenvalue weighted by Crippen LogP contribution is -2.24. The number of benzene rings is 1. The fourth-order valence-electron chi connectivity index (χ4n) is 1.03. The first-order valence-electron chi connectivity index (χ1n) is 4.04. The number of rotatable bonds is 2. The maximum absolute atomic E-state index is 12.0. The molecule has 1 rings (SSSR count). The van der Waals surface area contributed by atoms with Gasteiger partial charge in [-0.2, -0.15) is 18.4 Å². The number of sulfone groups is 1. The van der Waals surface area contributed by atoms with Crippen molar-refractivity contribution in [2.45, 2.75) is 11.3 Å². The van der Waals surface area contributed by atoms with Gasteiger partial charge in [0.15, 0.2) is 0 Å². The highest BCUT2D eigenvalue weighted by atomic mass is 32.2. The van der Waals surface area contributed by atoms with Crippen molar-refractivity contribution in [2.75, 3.05) is 0 Å². The second-order valence-electron chi connectivity index (χ2n) is 3.02. The van der Waals surface area contributed by atoms with Gasteiger partial charge in [0.05, 0.1) is 17.4 Å². The van der Waals surface area contributed by atoms with Crippen molar-refractivity contribution in [1.29, 1.82) is 5.26 Å². The van der Waals surface area contributed by atoms with Gasteiger partial charge in [-0.1, -0.05) is 12.1 Å². The highest BCUT2D eigenvalue weighted by molar-refractivity contribution is 7.91. The van der Waals surface area contributed by atoms with Gasteiger partial charge in [-0.3, -0.25) is 0 Å². The normalized spacial score (nSPS) is 12.1. The minimum absolute atomic E-state index is 0.0589. The van der Waals surface area contributed by atoms with Crippen LogP contribution in [0.2, 0.25) is 0 Å². The molecule has 0 radical (unpaired) electrons. The van der Waals surface area contributed by atoms with Crippen molar-refractivity contribution < 1.29 is 21.6 Å². The third-order valence-corrected chi connectivity index (χ3v) is 3.18. The van der Waals surface area contributed by atoms with E-state index in [9.17, 15) is 21.6 Å². The molecular formula is C9H6F3NO2S. The zero-order valence-corrected chi connectivity index (χ0v) is 8.64. The molecule has 86 valence electrons. The van der Waals surface area contributed by atoms with E-state index < -0.39 is 21.1 Å². The summed E-state index contributed by atoms with van der Waals surface area (Å²) in [7, 11) is -5.19. The number of hydrogen-bond donors (Lipinski definition) is 0. The largest absolute Gasteiger partial charge is 0.497 e. The average molecular weight is 249 g/mol. The summed E-state index contributed by atoms with van der Waals surface area (Å²) in [6.45, 7) is 0. The first kappa shape index (κ1) is 12.5. The third kappa shape index (κ3) is 2.73. The maximum atomic E-state index is 12.0. The highest BCUT2D eigenvalue weighted by Gasteiger charge is 2.45. The lowest BCUT2D eigenvalue weighted by Gasteiger charge is -2.07. The van der Waals surface area contributed by atoms with Crippen LogP contribution in [0.4, 0.5) is 13.2 Å². The van der Waals surface area contributed by atoms with Gasteiger partial charge in [0.25, 0.3) is 9.84 Å². The van der Waals surface area contributed by atoms with Crippen LogP contribution in [-0.2, 0) is 15.6 Å². The topological polar surface area (TPSA) is 57.9 Å². The van der Waals surface area contributed by atoms with Crippen LogP contribution in [0.1, 0.15) is 11.1 Å². The minimum Gasteiger partial charge on any atom is -0.219 e. The second-order valence-corrected chi connectivity index (χ2v) is 5.00. The van der Waals surface area contributed by atoms with E-state index in [0.29, 0.717) is 0 Å². The van der Waals surface area contributed by atoms with Gasteiger partial charge in [0, 0.05) is 0 Å². The zero-order valence-electron chi connectivity index (χ0n) is 7.82. The van der Waals surface area contributed by atoms with Gasteiger partial charge in [-0.15, -0.1) is 0 Å². The van der Waals surface area contributed by atoms with Gasteiger partial charge in [-0.05, 0) is 17.7 Å². The predicted molar refractivity (Wildman–Crippen MR) is 49.8 cm³/mol. The molecule has 0 aliphatic rings. The summed E-state index contributed by atoms with van der Waals surface area (Å²) in [5, 5.41) is 8.50. The Morgan fingerprint density at radius 1 is 1.31 bits per heavy atom. The van der Waals surface area contributed by atoms with E-state index in [4.69, 9.17) is 5.26 Å². The molecule has 0 bridgehead atoms. The van der Waals surface area contributed by atoms with Crippen LogP contribution in [0, 0.1) is 11.3 Å². The van der Waals surface area contributed by atoms with Crippen LogP contribution < -0.4 is 0 Å². The number of nitrogens with zero attached hydrogens (tertiary/aromatic N) is 1. The Labute approximate surface area is 90.0 Å². The Balaban J connectivity index is 3.03. The van der Waals surface area contributed by atoms with Crippen LogP contribution in [0.5, 0.6) is 0 Å². The van der Waals surface area contributed by atoms with Crippen LogP contribution in [0.3, 0.4) is 0 Å². The lowest BCUT2D eigenvalue weighted by atomic mass is 10.2. The average Bonchev–Trinajstić information content (AvgIpc) is 2.15. The van der Waals surface area contributed by atoms with E-state index in [1.807, 2.05) is 0 Å². The van der Waals surface area contributed by atoms with E-state index in [0.717, 1.165) is 6.07 Å². The first-order valence-corrected chi connectivity index (χ1v) is 5.69. The molecular weight excluding hydrogens is 243 g/mol. The molecule has 7 heteroatoms. The summed E-state index contributed by atoms with van der Waals surface area (Å²) in [4.78, 5) is 0. The summed E-state index contributed by atoms with van der Waals surface area (Å²) >= 11 is 0. The lowest BCUT2D eigenvalue weighted by molar-refractivity contribution is -0.0437. The molecule has 0 aromatic heterocycles. The molecule has 16 heavy (non-hydrogen) atoms. The molecule has 0 heterocycles. The summed E-state index contributed by atoms with van der Waals surface area (Å²) in [5.74, 6) is -1.15. The van der Waals surface area contributed by atoms with E-state index in [1.165, 1.54) is 18.2 Å². The molecule has 1 aromatic carbocycles. The van der Waals surface area contributed by atoms with Gasteiger partial charge >= 0.3 is 5.51 Å². The zero-order chi connectivity index (χ0) is 12.4. The molecule has 0 aliphatic heterocycles. The number of halogens is 3. The Morgan fingerprint density at radius 3 is 2.44 bits per heavy atom. The molecule has 0 unspecified atom stereocenters. The quantitative estimate of drug-likeness (QED) is 0.805. The summed E-state index contributed by atoms with van der Waals surface area (Å²) in [5.41, 5.74) is -5.21. The summed E-state index contributed by atoms with van der Waals surface area (Å²) < 4.78 is 57.8. The Morgan fingerprint density at radius 2 is 1.94 bits per heavy atom. The number of hydrogen-bond acceptors (Lipinski definition) is 3. The van der Waals surface area contributed by atoms with E-state index in [2.05, 4.69) is 0 Å². The molecule has 0 atom stereocenters. The molecule has 3 nitrogen and oxygen atoms in total. The van der Waals surface area contributed by atoms with E-state index >= 15 is 0 Å². The molecule has 0 saturated carbocycles. The van der Waals surface area contributed by atoms with Crippen molar-refractivity contribution in [1.82, 2.24) is 0 Å². The van der Waals surface area contributed by atoms with Crippen LogP contribution in [0.15, 0.2) is 24.3 Å². The summed E-state index contributed by atoms with van der Waals surface area (Å²) in [6, 6.07) is 6.77. The Kier molecular flexibility index (Phi) is 3.24. The fourth-order valence-corrected chi connectivity index (χ4v) is 1.81. The molecule has 0 spiro atoms. The Bertz CT molecular complexity index is 528. The standard InChI is InChI=1S/C9H6F3NO2S/c10-9(11,12)16(14,15)6-8-3-1-2-7(4-8)5-13/h1-4H,6H2. The SMILES string of the molecule is N#Cc1cccc(CS(=O)(=O)C(F)(F)F)c1. The van der Waals surface area contributed by atoms with Gasteiger partial charge in [0.2, 0.25) is 0 Å². The Hall–Kier alpha value is -1.55. The van der Waals surface area contributed by atoms with Crippen molar-refractivity contribution >= 4 is 9.84 Å². The van der Waals surface area contributed by atoms with Crippen LogP contribution >= 0.6 is 0 Å². The molecule has 0 aliphatic carbocycles. The van der Waals surface area contributed by atoms with Gasteiger partial charge in [-0.25, -0.2) is 8.42 Å². The molecule has 1 aromatic rings. The van der Waals surface area contributed by atoms with Crippen molar-refractivity contribution in [3.63, 3.8) is 0 Å². The smallest absolute Gasteiger partial charge is 0.219 e. The van der Waals surface area contributed by atoms with Crippen molar-refractivity contribution in [2.24, 2.45) is 0 Å². The van der Waals surface area contributed by atoms with Crippen LogP contribution in [-0.4, -0.2) is 13.9 Å². The van der Waals surface area contributed by atoms with Crippen molar-refractivity contribution in [3.8, 4) is 6.07 Å². The van der Waals surface area contributed by atoms with Crippen molar-refractivity contribution in [3.05, 3.63) is 35.4 Å². The third-order valence-electron chi connectivity index (χ3n) is 1.77. The maximum Gasteiger partial charge on any atom is 0.497 e. The monoisotopic (exact) mass is 249 g/mol. The van der Waals surface area contributed by atoms with E-state index in [1.54, 1.807) is 6.07 Å². The molecule has 0 amide bonds. The highest BCUT2D eigenvalue weighted by Crippen LogP contribution is 2.26. The predicted octanol–water partition coefficient (Wildman–Crippen LogP) is 1.99. The second kappa shape index (κ2) is 4.14. The van der Waals surface area contributed by atoms with Gasteiger partial charge in [0.1, 0.15) is 0 Å². The summed E-state index contributed by atoms with van der Waals surface area (Å²) in [6.07, 6.45) is 0. The fraction of sp³-hybridized carbons (Fsp3) is 0.222.